The van der Waals surface area contributed by atoms with E-state index in [1.54, 1.807) is 17.8 Å². The summed E-state index contributed by atoms with van der Waals surface area (Å²) in [7, 11) is 0. The highest BCUT2D eigenvalue weighted by molar-refractivity contribution is 5.94. The molecule has 0 aliphatic carbocycles. The van der Waals surface area contributed by atoms with Gasteiger partial charge in [0.2, 0.25) is 0 Å². The molecule has 1 rings (SSSR count). The summed E-state index contributed by atoms with van der Waals surface area (Å²) in [6.45, 7) is 4.66. The van der Waals surface area contributed by atoms with Crippen molar-refractivity contribution < 1.29 is 4.79 Å². The maximum atomic E-state index is 11.2. The first-order valence-corrected chi connectivity index (χ1v) is 4.24. The van der Waals surface area contributed by atoms with E-state index in [1.807, 2.05) is 0 Å². The van der Waals surface area contributed by atoms with Crippen molar-refractivity contribution in [1.82, 2.24) is 15.2 Å². The fraction of sp³-hybridized carbons (Fsp3) is 0.500. The Hall–Kier alpha value is -1.36. The van der Waals surface area contributed by atoms with Gasteiger partial charge in [-0.15, -0.1) is 0 Å². The summed E-state index contributed by atoms with van der Waals surface area (Å²) in [5.41, 5.74) is 3.33. The molecule has 0 saturated carbocycles. The van der Waals surface area contributed by atoms with Crippen LogP contribution in [0.15, 0.2) is 6.20 Å². The van der Waals surface area contributed by atoms with Crippen LogP contribution in [0.5, 0.6) is 0 Å². The van der Waals surface area contributed by atoms with Crippen molar-refractivity contribution in [2.45, 2.75) is 26.8 Å². The topological polar surface area (TPSA) is 72.9 Å². The molecule has 3 N–H and O–H groups in total. The number of amides is 1. The SMILES string of the molecule is CCCn1cc(C(=O)NN)c(C)n1. The van der Waals surface area contributed by atoms with Crippen molar-refractivity contribution in [1.29, 1.82) is 0 Å². The molecule has 1 aromatic rings. The summed E-state index contributed by atoms with van der Waals surface area (Å²) in [5, 5.41) is 4.17. The van der Waals surface area contributed by atoms with Gasteiger partial charge in [-0.05, 0) is 13.3 Å². The number of carbonyl (C=O) groups excluding carboxylic acids is 1. The van der Waals surface area contributed by atoms with E-state index in [-0.39, 0.29) is 5.91 Å². The third-order valence-electron chi connectivity index (χ3n) is 1.77. The zero-order valence-electron chi connectivity index (χ0n) is 7.87. The number of aryl methyl sites for hydroxylation is 2. The minimum Gasteiger partial charge on any atom is -0.290 e. The molecule has 0 radical (unpaired) electrons. The normalized spacial score (nSPS) is 10.1. The molecule has 0 aromatic carbocycles. The third kappa shape index (κ3) is 2.06. The standard InChI is InChI=1S/C8H14N4O/c1-3-4-12-5-7(6(2)11-12)8(13)10-9/h5H,3-4,9H2,1-2H3,(H,10,13). The van der Waals surface area contributed by atoms with Gasteiger partial charge in [0.25, 0.3) is 5.91 Å². The minimum absolute atomic E-state index is 0.292. The van der Waals surface area contributed by atoms with E-state index in [1.165, 1.54) is 0 Å². The number of carbonyl (C=O) groups is 1. The predicted octanol–water partition coefficient (Wildman–Crippen LogP) is 0.205. The van der Waals surface area contributed by atoms with Crippen LogP contribution in [-0.4, -0.2) is 15.7 Å². The molecule has 1 amide bonds. The molecular weight excluding hydrogens is 168 g/mol. The molecule has 13 heavy (non-hydrogen) atoms. The average Bonchev–Trinajstić information content (AvgIpc) is 2.46. The first-order valence-electron chi connectivity index (χ1n) is 4.24. The Kier molecular flexibility index (Phi) is 3.02. The number of nitrogens with two attached hydrogens (primary N) is 1. The van der Waals surface area contributed by atoms with Gasteiger partial charge in [0.05, 0.1) is 11.3 Å². The number of nitrogen functional groups attached to an aromatic ring is 1. The van der Waals surface area contributed by atoms with Gasteiger partial charge < -0.3 is 0 Å². The molecule has 0 saturated heterocycles. The third-order valence-corrected chi connectivity index (χ3v) is 1.77. The van der Waals surface area contributed by atoms with Crippen molar-refractivity contribution in [2.24, 2.45) is 5.84 Å². The van der Waals surface area contributed by atoms with Crippen molar-refractivity contribution in [3.63, 3.8) is 0 Å². The number of nitrogens with zero attached hydrogens (tertiary/aromatic N) is 2. The maximum absolute atomic E-state index is 11.2. The Morgan fingerprint density at radius 1 is 1.77 bits per heavy atom. The van der Waals surface area contributed by atoms with E-state index in [2.05, 4.69) is 17.4 Å². The van der Waals surface area contributed by atoms with Crippen molar-refractivity contribution in [3.05, 3.63) is 17.5 Å². The molecule has 0 unspecified atom stereocenters. The summed E-state index contributed by atoms with van der Waals surface area (Å²) in [6.07, 6.45) is 2.70. The number of rotatable bonds is 3. The van der Waals surface area contributed by atoms with E-state index in [0.29, 0.717) is 11.3 Å². The first-order chi connectivity index (χ1) is 6.19. The van der Waals surface area contributed by atoms with Crippen LogP contribution in [0.1, 0.15) is 29.4 Å². The minimum atomic E-state index is -0.292. The van der Waals surface area contributed by atoms with Crippen LogP contribution in [0.3, 0.4) is 0 Å². The van der Waals surface area contributed by atoms with Gasteiger partial charge in [0, 0.05) is 12.7 Å². The molecule has 0 atom stereocenters. The summed E-state index contributed by atoms with van der Waals surface area (Å²) >= 11 is 0. The van der Waals surface area contributed by atoms with Crippen molar-refractivity contribution >= 4 is 5.91 Å². The van der Waals surface area contributed by atoms with Crippen LogP contribution >= 0.6 is 0 Å². The number of nitrogens with one attached hydrogen (secondary N) is 1. The van der Waals surface area contributed by atoms with E-state index in [4.69, 9.17) is 5.84 Å². The second-order valence-electron chi connectivity index (χ2n) is 2.86. The lowest BCUT2D eigenvalue weighted by atomic mass is 10.2. The van der Waals surface area contributed by atoms with E-state index in [0.717, 1.165) is 13.0 Å². The van der Waals surface area contributed by atoms with Crippen molar-refractivity contribution in [2.75, 3.05) is 0 Å². The van der Waals surface area contributed by atoms with Gasteiger partial charge in [-0.2, -0.15) is 5.10 Å². The van der Waals surface area contributed by atoms with Gasteiger partial charge in [-0.3, -0.25) is 14.9 Å². The fourth-order valence-electron chi connectivity index (χ4n) is 1.16. The Bertz CT molecular complexity index is 305. The molecule has 0 spiro atoms. The summed E-state index contributed by atoms with van der Waals surface area (Å²) < 4.78 is 1.75. The Morgan fingerprint density at radius 2 is 2.46 bits per heavy atom. The van der Waals surface area contributed by atoms with Crippen LogP contribution in [0.25, 0.3) is 0 Å². The van der Waals surface area contributed by atoms with Crippen LogP contribution < -0.4 is 11.3 Å². The van der Waals surface area contributed by atoms with Gasteiger partial charge in [0.15, 0.2) is 0 Å². The molecule has 0 fully saturated rings. The van der Waals surface area contributed by atoms with E-state index >= 15 is 0 Å². The highest BCUT2D eigenvalue weighted by atomic mass is 16.2. The summed E-state index contributed by atoms with van der Waals surface area (Å²) in [4.78, 5) is 11.2. The quantitative estimate of drug-likeness (QED) is 0.398. The van der Waals surface area contributed by atoms with Crippen LogP contribution in [0.2, 0.25) is 0 Å². The first kappa shape index (κ1) is 9.73. The molecule has 72 valence electrons. The van der Waals surface area contributed by atoms with Gasteiger partial charge in [-0.25, -0.2) is 5.84 Å². The summed E-state index contributed by atoms with van der Waals surface area (Å²) in [6, 6.07) is 0. The van der Waals surface area contributed by atoms with E-state index in [9.17, 15) is 4.79 Å². The second kappa shape index (κ2) is 4.04. The molecule has 0 aliphatic heterocycles. The smallest absolute Gasteiger partial charge is 0.268 e. The highest BCUT2D eigenvalue weighted by Crippen LogP contribution is 2.05. The largest absolute Gasteiger partial charge is 0.290 e. The summed E-state index contributed by atoms with van der Waals surface area (Å²) in [5.74, 6) is 4.73. The average molecular weight is 182 g/mol. The predicted molar refractivity (Wildman–Crippen MR) is 48.9 cm³/mol. The molecule has 0 aliphatic rings. The van der Waals surface area contributed by atoms with E-state index < -0.39 is 0 Å². The van der Waals surface area contributed by atoms with Gasteiger partial charge in [-0.1, -0.05) is 6.92 Å². The molecule has 1 heterocycles. The Balaban J connectivity index is 2.89. The van der Waals surface area contributed by atoms with Crippen LogP contribution in [-0.2, 0) is 6.54 Å². The highest BCUT2D eigenvalue weighted by Gasteiger charge is 2.11. The zero-order chi connectivity index (χ0) is 9.84. The monoisotopic (exact) mass is 182 g/mol. The molecule has 1 aromatic heterocycles. The number of hydrogen-bond donors (Lipinski definition) is 2. The molecule has 5 nitrogen and oxygen atoms in total. The lowest BCUT2D eigenvalue weighted by Gasteiger charge is -1.95. The number of hydrazine groups is 1. The Morgan fingerprint density at radius 3 is 3.00 bits per heavy atom. The zero-order valence-corrected chi connectivity index (χ0v) is 7.87. The number of aromatic nitrogens is 2. The Labute approximate surface area is 76.9 Å². The lowest BCUT2D eigenvalue weighted by molar-refractivity contribution is 0.0953. The van der Waals surface area contributed by atoms with Crippen LogP contribution in [0, 0.1) is 6.92 Å². The van der Waals surface area contributed by atoms with Crippen molar-refractivity contribution in [3.8, 4) is 0 Å². The maximum Gasteiger partial charge on any atom is 0.268 e. The molecular formula is C8H14N4O. The van der Waals surface area contributed by atoms with Gasteiger partial charge in [0.1, 0.15) is 0 Å². The lowest BCUT2D eigenvalue weighted by Crippen LogP contribution is -2.30. The molecule has 0 bridgehead atoms. The fourth-order valence-corrected chi connectivity index (χ4v) is 1.16. The molecule has 5 heteroatoms. The van der Waals surface area contributed by atoms with Crippen LogP contribution in [0.4, 0.5) is 0 Å². The number of hydrogen-bond acceptors (Lipinski definition) is 3. The van der Waals surface area contributed by atoms with Gasteiger partial charge >= 0.3 is 0 Å². The second-order valence-corrected chi connectivity index (χ2v) is 2.86.